The van der Waals surface area contributed by atoms with Gasteiger partial charge in [0.15, 0.2) is 0 Å². The molecule has 0 aromatic heterocycles. The molecule has 0 bridgehead atoms. The van der Waals surface area contributed by atoms with E-state index in [1.54, 1.807) is 0 Å². The van der Waals surface area contributed by atoms with Gasteiger partial charge < -0.3 is 10.4 Å². The molecule has 0 spiro atoms. The van der Waals surface area contributed by atoms with Crippen LogP contribution < -0.4 is 5.32 Å². The minimum absolute atomic E-state index is 0.0146. The Bertz CT molecular complexity index is 766. The van der Waals surface area contributed by atoms with Crippen molar-refractivity contribution < 1.29 is 14.7 Å². The Balaban J connectivity index is 1.85. The van der Waals surface area contributed by atoms with Crippen LogP contribution in [0.2, 0.25) is 0 Å². The van der Waals surface area contributed by atoms with Crippen LogP contribution in [0, 0.1) is 11.3 Å². The minimum Gasteiger partial charge on any atom is -0.481 e. The van der Waals surface area contributed by atoms with E-state index in [0.29, 0.717) is 0 Å². The third-order valence-electron chi connectivity index (χ3n) is 4.70. The summed E-state index contributed by atoms with van der Waals surface area (Å²) in [6.07, 6.45) is 0.744. The second kappa shape index (κ2) is 5.69. The Kier molecular flexibility index (Phi) is 3.84. The topological polar surface area (TPSA) is 66.4 Å². The van der Waals surface area contributed by atoms with E-state index in [4.69, 9.17) is 0 Å². The first-order chi connectivity index (χ1) is 10.9. The molecule has 120 valence electrons. The number of hydrogen-bond donors (Lipinski definition) is 2. The molecule has 0 aliphatic heterocycles. The summed E-state index contributed by atoms with van der Waals surface area (Å²) in [5, 5.41) is 14.2. The molecule has 4 nitrogen and oxygen atoms in total. The first-order valence-electron chi connectivity index (χ1n) is 7.88. The summed E-state index contributed by atoms with van der Waals surface area (Å²) < 4.78 is 0. The number of aliphatic carboxylic acids is 1. The molecule has 4 heteroatoms. The molecule has 0 heterocycles. The zero-order valence-corrected chi connectivity index (χ0v) is 13.4. The van der Waals surface area contributed by atoms with E-state index in [1.165, 1.54) is 0 Å². The van der Waals surface area contributed by atoms with Crippen LogP contribution in [-0.2, 0) is 9.59 Å². The quantitative estimate of drug-likeness (QED) is 0.888. The lowest BCUT2D eigenvalue weighted by atomic mass is 9.99. The molecule has 23 heavy (non-hydrogen) atoms. The van der Waals surface area contributed by atoms with Gasteiger partial charge in [-0.3, -0.25) is 9.59 Å². The predicted molar refractivity (Wildman–Crippen MR) is 89.0 cm³/mol. The van der Waals surface area contributed by atoms with Crippen molar-refractivity contribution in [2.45, 2.75) is 32.7 Å². The third kappa shape index (κ3) is 3.36. The summed E-state index contributed by atoms with van der Waals surface area (Å²) in [5.74, 6) is -0.979. The highest BCUT2D eigenvalue weighted by Crippen LogP contribution is 2.51. The largest absolute Gasteiger partial charge is 0.481 e. The van der Waals surface area contributed by atoms with E-state index >= 15 is 0 Å². The number of rotatable bonds is 5. The van der Waals surface area contributed by atoms with Gasteiger partial charge in [-0.15, -0.1) is 0 Å². The van der Waals surface area contributed by atoms with E-state index in [-0.39, 0.29) is 23.7 Å². The molecule has 2 N–H and O–H groups in total. The molecule has 2 aromatic carbocycles. The van der Waals surface area contributed by atoms with E-state index in [1.807, 2.05) is 42.5 Å². The molecule has 3 rings (SSSR count). The summed E-state index contributed by atoms with van der Waals surface area (Å²) in [5.41, 5.74) is 0.860. The molecule has 1 aliphatic carbocycles. The number of nitrogens with one attached hydrogen (secondary N) is 1. The molecule has 0 radical (unpaired) electrons. The summed E-state index contributed by atoms with van der Waals surface area (Å²) >= 11 is 0. The van der Waals surface area contributed by atoms with E-state index < -0.39 is 12.0 Å². The fourth-order valence-corrected chi connectivity index (χ4v) is 3.04. The fourth-order valence-electron chi connectivity index (χ4n) is 3.04. The molecule has 1 aliphatic rings. The molecule has 1 fully saturated rings. The molecule has 1 amide bonds. The highest BCUT2D eigenvalue weighted by atomic mass is 16.4. The van der Waals surface area contributed by atoms with Gasteiger partial charge in [0.05, 0.1) is 12.5 Å². The third-order valence-corrected chi connectivity index (χ3v) is 4.70. The molecule has 2 aromatic rings. The fraction of sp³-hybridized carbons (Fsp3) is 0.368. The van der Waals surface area contributed by atoms with Gasteiger partial charge in [0.2, 0.25) is 5.91 Å². The van der Waals surface area contributed by atoms with Gasteiger partial charge in [-0.05, 0) is 34.2 Å². The average Bonchev–Trinajstić information content (AvgIpc) is 3.14. The lowest BCUT2D eigenvalue weighted by molar-refractivity contribution is -0.137. The van der Waals surface area contributed by atoms with Crippen molar-refractivity contribution >= 4 is 22.6 Å². The number of carbonyl (C=O) groups excluding carboxylic acids is 1. The monoisotopic (exact) mass is 311 g/mol. The Morgan fingerprint density at radius 3 is 2.48 bits per heavy atom. The van der Waals surface area contributed by atoms with Crippen molar-refractivity contribution in [2.75, 3.05) is 0 Å². The normalized spacial score (nSPS) is 20.0. The number of carboxylic acid groups (broad SMARTS) is 1. The zero-order valence-electron chi connectivity index (χ0n) is 13.4. The van der Waals surface area contributed by atoms with Crippen molar-refractivity contribution in [1.82, 2.24) is 5.32 Å². The van der Waals surface area contributed by atoms with Gasteiger partial charge in [-0.2, -0.15) is 0 Å². The number of fused-ring (bicyclic) bond motifs is 1. The highest BCUT2D eigenvalue weighted by Gasteiger charge is 2.50. The van der Waals surface area contributed by atoms with E-state index in [0.717, 1.165) is 22.8 Å². The maximum atomic E-state index is 12.3. The van der Waals surface area contributed by atoms with Crippen LogP contribution in [0.15, 0.2) is 42.5 Å². The second-order valence-electron chi connectivity index (χ2n) is 7.01. The Labute approximate surface area is 135 Å². The number of amides is 1. The van der Waals surface area contributed by atoms with Gasteiger partial charge in [0.1, 0.15) is 0 Å². The number of carbonyl (C=O) groups is 2. The van der Waals surface area contributed by atoms with E-state index in [2.05, 4.69) is 19.2 Å². The number of carboxylic acids is 1. The predicted octanol–water partition coefficient (Wildman–Crippen LogP) is 3.52. The van der Waals surface area contributed by atoms with Gasteiger partial charge in [0, 0.05) is 5.92 Å². The SMILES string of the molecule is CC1(C)CC1C(=O)N[C@@H](CC(=O)O)c1ccc2ccccc2c1. The van der Waals surface area contributed by atoms with Crippen molar-refractivity contribution in [2.24, 2.45) is 11.3 Å². The molecule has 1 saturated carbocycles. The molecular weight excluding hydrogens is 290 g/mol. The van der Waals surface area contributed by atoms with Crippen molar-refractivity contribution in [3.05, 3.63) is 48.0 Å². The molecule has 2 atom stereocenters. The Hall–Kier alpha value is -2.36. The van der Waals surface area contributed by atoms with Gasteiger partial charge in [-0.25, -0.2) is 0 Å². The molecule has 0 saturated heterocycles. The number of benzene rings is 2. The summed E-state index contributed by atoms with van der Waals surface area (Å²) in [7, 11) is 0. The van der Waals surface area contributed by atoms with Crippen LogP contribution in [0.25, 0.3) is 10.8 Å². The van der Waals surface area contributed by atoms with Crippen LogP contribution in [0.3, 0.4) is 0 Å². The average molecular weight is 311 g/mol. The van der Waals surface area contributed by atoms with Gasteiger partial charge in [-0.1, -0.05) is 50.2 Å². The van der Waals surface area contributed by atoms with Gasteiger partial charge in [0.25, 0.3) is 0 Å². The van der Waals surface area contributed by atoms with Crippen molar-refractivity contribution in [3.8, 4) is 0 Å². The maximum absolute atomic E-state index is 12.3. The van der Waals surface area contributed by atoms with Crippen LogP contribution in [0.5, 0.6) is 0 Å². The molecular formula is C19H21NO3. The Morgan fingerprint density at radius 2 is 1.87 bits per heavy atom. The minimum atomic E-state index is -0.918. The summed E-state index contributed by atoms with van der Waals surface area (Å²) in [6.45, 7) is 4.11. The second-order valence-corrected chi connectivity index (χ2v) is 7.01. The van der Waals surface area contributed by atoms with Gasteiger partial charge >= 0.3 is 5.97 Å². The highest BCUT2D eigenvalue weighted by molar-refractivity contribution is 5.85. The molecule has 1 unspecified atom stereocenters. The smallest absolute Gasteiger partial charge is 0.305 e. The summed E-state index contributed by atoms with van der Waals surface area (Å²) in [4.78, 5) is 23.5. The van der Waals surface area contributed by atoms with E-state index in [9.17, 15) is 14.7 Å². The lowest BCUT2D eigenvalue weighted by Gasteiger charge is -2.18. The van der Waals surface area contributed by atoms with Crippen LogP contribution >= 0.6 is 0 Å². The first kappa shape index (κ1) is 15.5. The van der Waals surface area contributed by atoms with Crippen LogP contribution in [0.4, 0.5) is 0 Å². The van der Waals surface area contributed by atoms with Crippen LogP contribution in [0.1, 0.15) is 38.3 Å². The zero-order chi connectivity index (χ0) is 16.6. The first-order valence-corrected chi connectivity index (χ1v) is 7.88. The van der Waals surface area contributed by atoms with Crippen molar-refractivity contribution in [3.63, 3.8) is 0 Å². The standard InChI is InChI=1S/C19H21NO3/c1-19(2)11-15(19)18(23)20-16(10-17(21)22)14-8-7-12-5-3-4-6-13(12)9-14/h3-9,15-16H,10-11H2,1-2H3,(H,20,23)(H,21,22)/t15?,16-/m0/s1. The number of hydrogen-bond acceptors (Lipinski definition) is 2. The lowest BCUT2D eigenvalue weighted by Crippen LogP contribution is -2.32. The van der Waals surface area contributed by atoms with Crippen molar-refractivity contribution in [1.29, 1.82) is 0 Å². The maximum Gasteiger partial charge on any atom is 0.305 e. The van der Waals surface area contributed by atoms with Crippen LogP contribution in [-0.4, -0.2) is 17.0 Å². The Morgan fingerprint density at radius 1 is 1.22 bits per heavy atom. The summed E-state index contributed by atoms with van der Waals surface area (Å²) in [6, 6.07) is 13.2.